The number of nitrogens with zero attached hydrogens (tertiary/aromatic N) is 3. The SMILES string of the molecule is CN1C(=O)N2C[C@H]1CC[C@H]2C(=O)NOC1CCN(C(=O)OC(C)(C)C)CC1. The summed E-state index contributed by atoms with van der Waals surface area (Å²) in [5, 5.41) is 0. The van der Waals surface area contributed by atoms with E-state index in [4.69, 9.17) is 9.57 Å². The van der Waals surface area contributed by atoms with Crippen LogP contribution in [0.4, 0.5) is 9.59 Å². The Kier molecular flexibility index (Phi) is 5.50. The third kappa shape index (κ3) is 4.45. The highest BCUT2D eigenvalue weighted by atomic mass is 16.7. The van der Waals surface area contributed by atoms with Gasteiger partial charge in [-0.2, -0.15) is 0 Å². The molecule has 27 heavy (non-hydrogen) atoms. The number of hydroxylamine groups is 1. The fraction of sp³-hybridized carbons (Fsp3) is 0.833. The van der Waals surface area contributed by atoms with Crippen LogP contribution in [0.25, 0.3) is 0 Å². The molecule has 3 fully saturated rings. The first-order valence-electron chi connectivity index (χ1n) is 9.62. The Bertz CT molecular complexity index is 597. The zero-order chi connectivity index (χ0) is 19.8. The van der Waals surface area contributed by atoms with E-state index in [1.165, 1.54) is 0 Å². The van der Waals surface area contributed by atoms with E-state index in [1.807, 2.05) is 20.8 Å². The monoisotopic (exact) mass is 382 g/mol. The van der Waals surface area contributed by atoms with Crippen molar-refractivity contribution < 1.29 is 24.0 Å². The summed E-state index contributed by atoms with van der Waals surface area (Å²) in [5.41, 5.74) is 2.02. The van der Waals surface area contributed by atoms with Crippen molar-refractivity contribution >= 4 is 18.0 Å². The van der Waals surface area contributed by atoms with Crippen LogP contribution in [0.1, 0.15) is 46.5 Å². The molecule has 9 heteroatoms. The number of nitrogens with one attached hydrogen (secondary N) is 1. The topological polar surface area (TPSA) is 91.4 Å². The van der Waals surface area contributed by atoms with E-state index in [2.05, 4.69) is 5.48 Å². The number of fused-ring (bicyclic) bond motifs is 2. The summed E-state index contributed by atoms with van der Waals surface area (Å²) >= 11 is 0. The third-order valence-electron chi connectivity index (χ3n) is 5.37. The fourth-order valence-electron chi connectivity index (χ4n) is 3.80. The molecule has 0 spiro atoms. The van der Waals surface area contributed by atoms with E-state index in [-0.39, 0.29) is 30.2 Å². The smallest absolute Gasteiger partial charge is 0.410 e. The minimum Gasteiger partial charge on any atom is -0.444 e. The second kappa shape index (κ2) is 7.53. The molecule has 3 aliphatic rings. The number of carbonyl (C=O) groups is 3. The summed E-state index contributed by atoms with van der Waals surface area (Å²) in [4.78, 5) is 47.3. The van der Waals surface area contributed by atoms with Gasteiger partial charge in [-0.3, -0.25) is 9.63 Å². The Hall–Kier alpha value is -2.03. The average Bonchev–Trinajstić information content (AvgIpc) is 2.83. The van der Waals surface area contributed by atoms with Gasteiger partial charge in [0.1, 0.15) is 11.6 Å². The minimum absolute atomic E-state index is 0.0941. The number of ether oxygens (including phenoxy) is 1. The summed E-state index contributed by atoms with van der Waals surface area (Å²) in [6.45, 7) is 7.17. The van der Waals surface area contributed by atoms with Gasteiger partial charge in [-0.05, 0) is 46.5 Å². The van der Waals surface area contributed by atoms with E-state index in [9.17, 15) is 14.4 Å². The summed E-state index contributed by atoms with van der Waals surface area (Å²) in [6.07, 6.45) is 2.24. The van der Waals surface area contributed by atoms with Crippen molar-refractivity contribution in [3.05, 3.63) is 0 Å². The van der Waals surface area contributed by atoms with Crippen molar-refractivity contribution in [2.75, 3.05) is 26.7 Å². The molecule has 4 amide bonds. The van der Waals surface area contributed by atoms with Gasteiger partial charge in [-0.25, -0.2) is 15.1 Å². The molecule has 9 nitrogen and oxygen atoms in total. The predicted molar refractivity (Wildman–Crippen MR) is 96.7 cm³/mol. The van der Waals surface area contributed by atoms with E-state index in [1.54, 1.807) is 21.7 Å². The molecule has 0 aromatic carbocycles. The van der Waals surface area contributed by atoms with Gasteiger partial charge in [0.25, 0.3) is 5.91 Å². The Morgan fingerprint density at radius 3 is 2.41 bits per heavy atom. The quantitative estimate of drug-likeness (QED) is 0.744. The molecule has 0 radical (unpaired) electrons. The van der Waals surface area contributed by atoms with Crippen LogP contribution in [0, 0.1) is 0 Å². The van der Waals surface area contributed by atoms with E-state index in [0.717, 1.165) is 6.42 Å². The van der Waals surface area contributed by atoms with Gasteiger partial charge in [-0.1, -0.05) is 0 Å². The number of carbonyl (C=O) groups excluding carboxylic acids is 3. The molecule has 0 aromatic heterocycles. The van der Waals surface area contributed by atoms with Gasteiger partial charge < -0.3 is 19.4 Å². The number of hydrogen-bond donors (Lipinski definition) is 1. The van der Waals surface area contributed by atoms with Crippen LogP contribution in [0.2, 0.25) is 0 Å². The summed E-state index contributed by atoms with van der Waals surface area (Å²) in [5.74, 6) is -0.272. The van der Waals surface area contributed by atoms with Crippen LogP contribution < -0.4 is 5.48 Å². The van der Waals surface area contributed by atoms with Crippen molar-refractivity contribution in [3.63, 3.8) is 0 Å². The zero-order valence-corrected chi connectivity index (χ0v) is 16.6. The van der Waals surface area contributed by atoms with Crippen molar-refractivity contribution in [1.82, 2.24) is 20.2 Å². The fourth-order valence-corrected chi connectivity index (χ4v) is 3.80. The van der Waals surface area contributed by atoms with Crippen LogP contribution >= 0.6 is 0 Å². The number of hydrogen-bond acceptors (Lipinski definition) is 5. The molecule has 2 bridgehead atoms. The highest BCUT2D eigenvalue weighted by molar-refractivity contribution is 5.88. The number of amides is 4. The summed E-state index contributed by atoms with van der Waals surface area (Å²) < 4.78 is 5.37. The van der Waals surface area contributed by atoms with Crippen LogP contribution in [0.3, 0.4) is 0 Å². The number of rotatable bonds is 3. The van der Waals surface area contributed by atoms with Crippen LogP contribution in [-0.4, -0.2) is 83.2 Å². The van der Waals surface area contributed by atoms with Crippen molar-refractivity contribution in [3.8, 4) is 0 Å². The Balaban J connectivity index is 1.42. The molecular formula is C18H30N4O5. The molecule has 0 saturated carbocycles. The largest absolute Gasteiger partial charge is 0.444 e. The maximum atomic E-state index is 12.5. The van der Waals surface area contributed by atoms with Gasteiger partial charge in [0, 0.05) is 26.7 Å². The van der Waals surface area contributed by atoms with Crippen molar-refractivity contribution in [1.29, 1.82) is 0 Å². The number of urea groups is 1. The highest BCUT2D eigenvalue weighted by Crippen LogP contribution is 2.28. The number of likely N-dealkylation sites (tertiary alicyclic amines) is 1. The first kappa shape index (κ1) is 19.7. The van der Waals surface area contributed by atoms with E-state index >= 15 is 0 Å². The second-order valence-electron chi connectivity index (χ2n) is 8.54. The third-order valence-corrected chi connectivity index (χ3v) is 5.37. The minimum atomic E-state index is -0.515. The molecular weight excluding hydrogens is 352 g/mol. The lowest BCUT2D eigenvalue weighted by Crippen LogP contribution is -2.51. The van der Waals surface area contributed by atoms with Gasteiger partial charge >= 0.3 is 12.1 Å². The first-order chi connectivity index (χ1) is 12.7. The summed E-state index contributed by atoms with van der Waals surface area (Å²) in [7, 11) is 1.78. The zero-order valence-electron chi connectivity index (χ0n) is 16.6. The molecule has 1 N–H and O–H groups in total. The standard InChI is InChI=1S/C18H30N4O5/c1-18(2,3)26-17(25)21-9-7-13(8-10-21)27-19-15(23)14-6-5-12-11-22(14)16(24)20(12)4/h12-14H,5-11H2,1-4H3,(H,19,23)/t12-,14+/m1/s1. The lowest BCUT2D eigenvalue weighted by Gasteiger charge is -2.34. The number of piperidine rings is 2. The van der Waals surface area contributed by atoms with Crippen LogP contribution in [0.5, 0.6) is 0 Å². The molecule has 3 aliphatic heterocycles. The lowest BCUT2D eigenvalue weighted by atomic mass is 10.0. The molecule has 0 aliphatic carbocycles. The average molecular weight is 382 g/mol. The van der Waals surface area contributed by atoms with Gasteiger partial charge in [0.2, 0.25) is 0 Å². The maximum Gasteiger partial charge on any atom is 0.410 e. The van der Waals surface area contributed by atoms with E-state index in [0.29, 0.717) is 38.9 Å². The van der Waals surface area contributed by atoms with Gasteiger partial charge in [0.15, 0.2) is 0 Å². The first-order valence-corrected chi connectivity index (χ1v) is 9.62. The number of likely N-dealkylation sites (N-methyl/N-ethyl adjacent to an activating group) is 1. The van der Waals surface area contributed by atoms with Gasteiger partial charge in [-0.15, -0.1) is 0 Å². The molecule has 3 rings (SSSR count). The Morgan fingerprint density at radius 2 is 1.78 bits per heavy atom. The van der Waals surface area contributed by atoms with E-state index < -0.39 is 11.6 Å². The van der Waals surface area contributed by atoms with Gasteiger partial charge in [0.05, 0.1) is 12.1 Å². The Morgan fingerprint density at radius 1 is 1.11 bits per heavy atom. The van der Waals surface area contributed by atoms with Crippen LogP contribution in [-0.2, 0) is 14.4 Å². The van der Waals surface area contributed by atoms with Crippen molar-refractivity contribution in [2.24, 2.45) is 0 Å². The lowest BCUT2D eigenvalue weighted by molar-refractivity contribution is -0.146. The molecule has 152 valence electrons. The maximum absolute atomic E-state index is 12.5. The second-order valence-corrected chi connectivity index (χ2v) is 8.54. The van der Waals surface area contributed by atoms with Crippen molar-refractivity contribution in [2.45, 2.75) is 70.2 Å². The normalized spacial score (nSPS) is 26.4. The Labute approximate surface area is 159 Å². The molecule has 0 aromatic rings. The summed E-state index contributed by atoms with van der Waals surface area (Å²) in [6, 6.07) is -0.358. The molecule has 3 heterocycles. The molecule has 0 unspecified atom stereocenters. The highest BCUT2D eigenvalue weighted by Gasteiger charge is 2.45. The predicted octanol–water partition coefficient (Wildman–Crippen LogP) is 1.33. The molecule has 2 atom stereocenters. The van der Waals surface area contributed by atoms with Crippen LogP contribution in [0.15, 0.2) is 0 Å². The molecule has 3 saturated heterocycles.